The average Bonchev–Trinajstić information content (AvgIpc) is 2.81. The van der Waals surface area contributed by atoms with Crippen LogP contribution in [0.4, 0.5) is 5.69 Å². The molecule has 3 aromatic rings. The number of rotatable bonds is 6. The number of anilines is 1. The van der Waals surface area contributed by atoms with Gasteiger partial charge in [-0.3, -0.25) is 14.6 Å². The van der Waals surface area contributed by atoms with Gasteiger partial charge in [-0.2, -0.15) is 5.10 Å². The van der Waals surface area contributed by atoms with Gasteiger partial charge in [0.15, 0.2) is 0 Å². The summed E-state index contributed by atoms with van der Waals surface area (Å²) in [6, 6.07) is 17.2. The van der Waals surface area contributed by atoms with Crippen molar-refractivity contribution in [2.24, 2.45) is 0 Å². The zero-order chi connectivity index (χ0) is 20.8. The maximum atomic E-state index is 12.6. The van der Waals surface area contributed by atoms with E-state index in [9.17, 15) is 9.59 Å². The van der Waals surface area contributed by atoms with E-state index in [0.717, 1.165) is 31.7 Å². The van der Waals surface area contributed by atoms with Crippen LogP contribution < -0.4 is 10.5 Å². The van der Waals surface area contributed by atoms with E-state index in [1.54, 1.807) is 18.5 Å². The maximum Gasteiger partial charge on any atom is 0.266 e. The quantitative estimate of drug-likeness (QED) is 0.632. The molecule has 0 bridgehead atoms. The summed E-state index contributed by atoms with van der Waals surface area (Å²) in [5.41, 5.74) is 2.60. The fourth-order valence-corrected chi connectivity index (χ4v) is 3.67. The molecule has 30 heavy (non-hydrogen) atoms. The molecule has 0 spiro atoms. The first kappa shape index (κ1) is 19.8. The minimum absolute atomic E-state index is 0.138. The standard InChI is InChI=1S/C23H25N5O2/c29-22(27-16-14-26(15-17-27)20-7-2-1-3-8-20)9-5-13-28-23(30)11-10-21(25-28)19-6-4-12-24-18-19/h1-4,6-8,10-12,18H,5,9,13-17H2. The van der Waals surface area contributed by atoms with Crippen LogP contribution in [0.15, 0.2) is 71.8 Å². The molecule has 1 fully saturated rings. The molecule has 1 aliphatic rings. The van der Waals surface area contributed by atoms with Crippen LogP contribution in [-0.4, -0.2) is 51.8 Å². The van der Waals surface area contributed by atoms with Gasteiger partial charge in [-0.25, -0.2) is 4.68 Å². The largest absolute Gasteiger partial charge is 0.368 e. The van der Waals surface area contributed by atoms with Crippen LogP contribution in [-0.2, 0) is 11.3 Å². The van der Waals surface area contributed by atoms with Gasteiger partial charge in [0.2, 0.25) is 5.91 Å². The number of para-hydroxylation sites is 1. The summed E-state index contributed by atoms with van der Waals surface area (Å²) < 4.78 is 1.43. The summed E-state index contributed by atoms with van der Waals surface area (Å²) in [6.07, 6.45) is 4.41. The molecule has 1 amide bonds. The molecule has 2 aromatic heterocycles. The number of piperazine rings is 1. The smallest absolute Gasteiger partial charge is 0.266 e. The van der Waals surface area contributed by atoms with Crippen molar-refractivity contribution in [3.05, 3.63) is 77.3 Å². The molecular formula is C23H25N5O2. The molecule has 0 N–H and O–H groups in total. The summed E-state index contributed by atoms with van der Waals surface area (Å²) in [4.78, 5) is 33.0. The summed E-state index contributed by atoms with van der Waals surface area (Å²) >= 11 is 0. The Labute approximate surface area is 175 Å². The lowest BCUT2D eigenvalue weighted by Crippen LogP contribution is -2.48. The van der Waals surface area contributed by atoms with E-state index >= 15 is 0 Å². The van der Waals surface area contributed by atoms with Crippen LogP contribution in [0.2, 0.25) is 0 Å². The molecule has 1 aromatic carbocycles. The van der Waals surface area contributed by atoms with Gasteiger partial charge >= 0.3 is 0 Å². The summed E-state index contributed by atoms with van der Waals surface area (Å²) in [5, 5.41) is 4.43. The Morgan fingerprint density at radius 2 is 1.73 bits per heavy atom. The van der Waals surface area contributed by atoms with E-state index in [-0.39, 0.29) is 11.5 Å². The van der Waals surface area contributed by atoms with Gasteiger partial charge in [-0.05, 0) is 36.8 Å². The minimum atomic E-state index is -0.161. The zero-order valence-electron chi connectivity index (χ0n) is 16.9. The highest BCUT2D eigenvalue weighted by Gasteiger charge is 2.20. The number of aromatic nitrogens is 3. The molecule has 154 valence electrons. The van der Waals surface area contributed by atoms with E-state index < -0.39 is 0 Å². The zero-order valence-corrected chi connectivity index (χ0v) is 16.9. The number of amides is 1. The summed E-state index contributed by atoms with van der Waals surface area (Å²) in [7, 11) is 0. The third kappa shape index (κ3) is 4.74. The molecule has 0 radical (unpaired) electrons. The second-order valence-corrected chi connectivity index (χ2v) is 7.33. The molecule has 1 saturated heterocycles. The molecule has 0 aliphatic carbocycles. The number of carbonyl (C=O) groups is 1. The molecule has 0 saturated carbocycles. The van der Waals surface area contributed by atoms with Gasteiger partial charge in [0.1, 0.15) is 0 Å². The van der Waals surface area contributed by atoms with Crippen LogP contribution in [0, 0.1) is 0 Å². The maximum absolute atomic E-state index is 12.6. The minimum Gasteiger partial charge on any atom is -0.368 e. The Morgan fingerprint density at radius 3 is 2.47 bits per heavy atom. The van der Waals surface area contributed by atoms with E-state index in [1.807, 2.05) is 35.2 Å². The monoisotopic (exact) mass is 403 g/mol. The number of benzene rings is 1. The van der Waals surface area contributed by atoms with Gasteiger partial charge in [0.25, 0.3) is 5.56 Å². The van der Waals surface area contributed by atoms with Crippen molar-refractivity contribution in [1.82, 2.24) is 19.7 Å². The Balaban J connectivity index is 1.29. The summed E-state index contributed by atoms with van der Waals surface area (Å²) in [5.74, 6) is 0.138. The fraction of sp³-hybridized carbons (Fsp3) is 0.304. The normalized spacial score (nSPS) is 14.0. The first-order valence-electron chi connectivity index (χ1n) is 10.3. The number of carbonyl (C=O) groups excluding carboxylic acids is 1. The van der Waals surface area contributed by atoms with Crippen LogP contribution in [0.5, 0.6) is 0 Å². The third-order valence-corrected chi connectivity index (χ3v) is 5.34. The van der Waals surface area contributed by atoms with Gasteiger partial charge in [-0.15, -0.1) is 0 Å². The van der Waals surface area contributed by atoms with E-state index in [2.05, 4.69) is 27.1 Å². The molecule has 0 atom stereocenters. The van der Waals surface area contributed by atoms with Crippen molar-refractivity contribution in [1.29, 1.82) is 0 Å². The first-order valence-corrected chi connectivity index (χ1v) is 10.3. The third-order valence-electron chi connectivity index (χ3n) is 5.34. The van der Waals surface area contributed by atoms with Gasteiger partial charge in [-0.1, -0.05) is 18.2 Å². The van der Waals surface area contributed by atoms with Crippen molar-refractivity contribution >= 4 is 11.6 Å². The van der Waals surface area contributed by atoms with Crippen molar-refractivity contribution in [2.75, 3.05) is 31.1 Å². The van der Waals surface area contributed by atoms with Crippen molar-refractivity contribution in [3.8, 4) is 11.3 Å². The van der Waals surface area contributed by atoms with Gasteiger partial charge < -0.3 is 9.80 Å². The highest BCUT2D eigenvalue weighted by Crippen LogP contribution is 2.16. The Morgan fingerprint density at radius 1 is 0.933 bits per heavy atom. The Bertz CT molecular complexity index is 1030. The average molecular weight is 403 g/mol. The lowest BCUT2D eigenvalue weighted by molar-refractivity contribution is -0.131. The predicted molar refractivity (Wildman–Crippen MR) is 116 cm³/mol. The van der Waals surface area contributed by atoms with E-state index in [0.29, 0.717) is 25.1 Å². The lowest BCUT2D eigenvalue weighted by Gasteiger charge is -2.36. The molecule has 3 heterocycles. The van der Waals surface area contributed by atoms with Crippen LogP contribution in [0.25, 0.3) is 11.3 Å². The summed E-state index contributed by atoms with van der Waals surface area (Å²) in [6.45, 7) is 3.54. The number of hydrogen-bond acceptors (Lipinski definition) is 5. The van der Waals surface area contributed by atoms with E-state index in [4.69, 9.17) is 0 Å². The van der Waals surface area contributed by atoms with Crippen LogP contribution >= 0.6 is 0 Å². The van der Waals surface area contributed by atoms with Crippen LogP contribution in [0.1, 0.15) is 12.8 Å². The lowest BCUT2D eigenvalue weighted by atomic mass is 10.2. The molecule has 1 aliphatic heterocycles. The van der Waals surface area contributed by atoms with Crippen LogP contribution in [0.3, 0.4) is 0 Å². The number of aryl methyl sites for hydroxylation is 1. The topological polar surface area (TPSA) is 71.3 Å². The predicted octanol–water partition coefficient (Wildman–Crippen LogP) is 2.43. The number of nitrogens with zero attached hydrogens (tertiary/aromatic N) is 5. The molecule has 0 unspecified atom stereocenters. The Kier molecular flexibility index (Phi) is 6.17. The van der Waals surface area contributed by atoms with Crippen molar-refractivity contribution in [2.45, 2.75) is 19.4 Å². The highest BCUT2D eigenvalue weighted by atomic mass is 16.2. The molecule has 7 heteroatoms. The second kappa shape index (κ2) is 9.35. The van der Waals surface area contributed by atoms with Gasteiger partial charge in [0, 0.05) is 68.9 Å². The number of pyridine rings is 1. The SMILES string of the molecule is O=C(CCCn1nc(-c2cccnc2)ccc1=O)N1CCN(c2ccccc2)CC1. The van der Waals surface area contributed by atoms with Crippen molar-refractivity contribution < 1.29 is 4.79 Å². The van der Waals surface area contributed by atoms with Crippen molar-refractivity contribution in [3.63, 3.8) is 0 Å². The molecule has 7 nitrogen and oxygen atoms in total. The fourth-order valence-electron chi connectivity index (χ4n) is 3.67. The second-order valence-electron chi connectivity index (χ2n) is 7.33. The highest BCUT2D eigenvalue weighted by molar-refractivity contribution is 5.76. The number of hydrogen-bond donors (Lipinski definition) is 0. The first-order chi connectivity index (χ1) is 14.7. The molecule has 4 rings (SSSR count). The van der Waals surface area contributed by atoms with E-state index in [1.165, 1.54) is 16.4 Å². The molecular weight excluding hydrogens is 378 g/mol. The van der Waals surface area contributed by atoms with Gasteiger partial charge in [0.05, 0.1) is 5.69 Å². The Hall–Kier alpha value is -3.48.